The zero-order valence-electron chi connectivity index (χ0n) is 16.3. The van der Waals surface area contributed by atoms with E-state index in [0.29, 0.717) is 23.5 Å². The Kier molecular flexibility index (Phi) is 7.04. The first-order valence-electron chi connectivity index (χ1n) is 9.29. The Morgan fingerprint density at radius 1 is 1.18 bits per heavy atom. The summed E-state index contributed by atoms with van der Waals surface area (Å²) in [6.45, 7) is 7.32. The molecular formula is C21H24BrN3O2S. The highest BCUT2D eigenvalue weighted by Gasteiger charge is 2.10. The molecule has 0 unspecified atom stereocenters. The Morgan fingerprint density at radius 3 is 2.54 bits per heavy atom. The third kappa shape index (κ3) is 4.54. The number of aromatic nitrogens is 1. The van der Waals surface area contributed by atoms with Gasteiger partial charge in [-0.1, -0.05) is 27.3 Å². The summed E-state index contributed by atoms with van der Waals surface area (Å²) in [5.74, 6) is -0.233. The summed E-state index contributed by atoms with van der Waals surface area (Å²) in [6, 6.07) is 13.7. The van der Waals surface area contributed by atoms with E-state index in [1.807, 2.05) is 47.0 Å². The molecule has 0 saturated carbocycles. The van der Waals surface area contributed by atoms with E-state index in [2.05, 4.69) is 39.7 Å². The van der Waals surface area contributed by atoms with Gasteiger partial charge in [0.05, 0.1) is 16.8 Å². The van der Waals surface area contributed by atoms with Crippen molar-refractivity contribution in [1.82, 2.24) is 4.57 Å². The maximum absolute atomic E-state index is 12.8. The molecule has 0 aliphatic heterocycles. The molecule has 148 valence electrons. The summed E-state index contributed by atoms with van der Waals surface area (Å²) in [5.41, 5.74) is 2.75. The number of hydrogen-bond acceptors (Lipinski definition) is 4. The number of rotatable bonds is 7. The summed E-state index contributed by atoms with van der Waals surface area (Å²) >= 11 is 5.02. The van der Waals surface area contributed by atoms with Crippen LogP contribution in [0.2, 0.25) is 0 Å². The second kappa shape index (κ2) is 9.49. The van der Waals surface area contributed by atoms with Crippen molar-refractivity contribution in [3.05, 3.63) is 57.3 Å². The molecule has 28 heavy (non-hydrogen) atoms. The number of carbonyl (C=O) groups excluding carboxylic acids is 1. The highest BCUT2D eigenvalue weighted by atomic mass is 79.9. The summed E-state index contributed by atoms with van der Waals surface area (Å²) < 4.78 is 9.35. The minimum absolute atomic E-state index is 0.233. The highest BCUT2D eigenvalue weighted by molar-refractivity contribution is 9.10. The van der Waals surface area contributed by atoms with Gasteiger partial charge in [-0.3, -0.25) is 4.79 Å². The number of hydrogen-bond donors (Lipinski definition) is 0. The normalized spacial score (nSPS) is 11.9. The number of ether oxygens (including phenoxy) is 1. The van der Waals surface area contributed by atoms with Crippen LogP contribution in [0.4, 0.5) is 5.69 Å². The van der Waals surface area contributed by atoms with Gasteiger partial charge in [-0.15, -0.1) is 0 Å². The van der Waals surface area contributed by atoms with E-state index in [9.17, 15) is 4.79 Å². The first-order valence-corrected chi connectivity index (χ1v) is 10.9. The predicted octanol–water partition coefficient (Wildman–Crippen LogP) is 4.70. The number of anilines is 1. The smallest absolute Gasteiger partial charge is 0.279 e. The van der Waals surface area contributed by atoms with Crippen LogP contribution >= 0.6 is 27.3 Å². The van der Waals surface area contributed by atoms with Crippen LogP contribution in [-0.4, -0.2) is 37.3 Å². The number of methoxy groups -OCH3 is 1. The topological polar surface area (TPSA) is 46.8 Å². The van der Waals surface area contributed by atoms with Crippen molar-refractivity contribution < 1.29 is 9.53 Å². The van der Waals surface area contributed by atoms with E-state index in [4.69, 9.17) is 4.74 Å². The van der Waals surface area contributed by atoms with Crippen LogP contribution in [0.5, 0.6) is 0 Å². The zero-order chi connectivity index (χ0) is 20.1. The van der Waals surface area contributed by atoms with E-state index in [1.54, 1.807) is 7.11 Å². The second-order valence-electron chi connectivity index (χ2n) is 6.28. The second-order valence-corrected chi connectivity index (χ2v) is 8.20. The number of thiazole rings is 1. The van der Waals surface area contributed by atoms with Gasteiger partial charge in [0, 0.05) is 42.5 Å². The summed E-state index contributed by atoms with van der Waals surface area (Å²) in [6.07, 6.45) is 0. The maximum atomic E-state index is 12.8. The lowest BCUT2D eigenvalue weighted by Gasteiger charge is -2.20. The van der Waals surface area contributed by atoms with Crippen LogP contribution in [0, 0.1) is 0 Å². The molecule has 5 nitrogen and oxygen atoms in total. The minimum atomic E-state index is -0.233. The molecule has 0 atom stereocenters. The van der Waals surface area contributed by atoms with E-state index in [-0.39, 0.29) is 5.91 Å². The van der Waals surface area contributed by atoms with Gasteiger partial charge in [0.1, 0.15) is 0 Å². The number of fused-ring (bicyclic) bond motifs is 1. The van der Waals surface area contributed by atoms with Gasteiger partial charge in [0.2, 0.25) is 0 Å². The molecule has 0 aliphatic rings. The fourth-order valence-corrected chi connectivity index (χ4v) is 4.69. The number of nitrogens with zero attached hydrogens (tertiary/aromatic N) is 3. The molecule has 0 radical (unpaired) electrons. The highest BCUT2D eigenvalue weighted by Crippen LogP contribution is 2.22. The van der Waals surface area contributed by atoms with E-state index >= 15 is 0 Å². The Morgan fingerprint density at radius 2 is 1.89 bits per heavy atom. The van der Waals surface area contributed by atoms with Crippen molar-refractivity contribution in [2.24, 2.45) is 4.99 Å². The lowest BCUT2D eigenvalue weighted by atomic mass is 10.2. The van der Waals surface area contributed by atoms with Crippen molar-refractivity contribution in [2.45, 2.75) is 20.4 Å². The molecule has 1 heterocycles. The number of carbonyl (C=O) groups is 1. The molecule has 1 amide bonds. The molecule has 0 bridgehead atoms. The lowest BCUT2D eigenvalue weighted by Crippen LogP contribution is -2.21. The lowest BCUT2D eigenvalue weighted by molar-refractivity contribution is 0.0997. The van der Waals surface area contributed by atoms with Gasteiger partial charge in [-0.25, -0.2) is 0 Å². The van der Waals surface area contributed by atoms with E-state index in [0.717, 1.165) is 33.5 Å². The Bertz CT molecular complexity index is 1020. The number of halogens is 1. The van der Waals surface area contributed by atoms with Crippen LogP contribution < -0.4 is 9.70 Å². The van der Waals surface area contributed by atoms with Gasteiger partial charge in [0.15, 0.2) is 4.80 Å². The summed E-state index contributed by atoms with van der Waals surface area (Å²) in [4.78, 5) is 20.1. The van der Waals surface area contributed by atoms with Crippen LogP contribution in [0.15, 0.2) is 51.9 Å². The quantitative estimate of drug-likeness (QED) is 0.512. The van der Waals surface area contributed by atoms with E-state index in [1.165, 1.54) is 11.3 Å². The van der Waals surface area contributed by atoms with Gasteiger partial charge in [0.25, 0.3) is 5.91 Å². The SMILES string of the molecule is CCN(CC)c1ccc(C(=O)N=c2sc3cc(Br)ccc3n2CCOC)cc1. The van der Waals surface area contributed by atoms with Crippen molar-refractivity contribution in [1.29, 1.82) is 0 Å². The van der Waals surface area contributed by atoms with Crippen LogP contribution in [0.3, 0.4) is 0 Å². The molecule has 1 aromatic heterocycles. The van der Waals surface area contributed by atoms with Crippen molar-refractivity contribution in [3.8, 4) is 0 Å². The molecular weight excluding hydrogens is 438 g/mol. The first-order chi connectivity index (χ1) is 13.6. The fourth-order valence-electron chi connectivity index (χ4n) is 3.09. The predicted molar refractivity (Wildman–Crippen MR) is 119 cm³/mol. The van der Waals surface area contributed by atoms with Crippen molar-refractivity contribution in [2.75, 3.05) is 31.7 Å². The van der Waals surface area contributed by atoms with Gasteiger partial charge >= 0.3 is 0 Å². The maximum Gasteiger partial charge on any atom is 0.279 e. The molecule has 0 saturated heterocycles. The average Bonchev–Trinajstić information content (AvgIpc) is 3.03. The largest absolute Gasteiger partial charge is 0.383 e. The Labute approximate surface area is 177 Å². The summed E-state index contributed by atoms with van der Waals surface area (Å²) in [7, 11) is 1.67. The molecule has 0 spiro atoms. The van der Waals surface area contributed by atoms with Crippen LogP contribution in [0.1, 0.15) is 24.2 Å². The molecule has 7 heteroatoms. The molecule has 0 aliphatic carbocycles. The van der Waals surface area contributed by atoms with Gasteiger partial charge in [-0.2, -0.15) is 4.99 Å². The minimum Gasteiger partial charge on any atom is -0.383 e. The molecule has 3 rings (SSSR count). The standard InChI is InChI=1S/C21H24BrN3O2S/c1-4-24(5-2)17-9-6-15(7-10-17)20(26)23-21-25(12-13-27-3)18-11-8-16(22)14-19(18)28-21/h6-11,14H,4-5,12-13H2,1-3H3. The van der Waals surface area contributed by atoms with Crippen LogP contribution in [0.25, 0.3) is 10.2 Å². The van der Waals surface area contributed by atoms with Crippen molar-refractivity contribution in [3.63, 3.8) is 0 Å². The Balaban J connectivity index is 1.97. The molecule has 0 fully saturated rings. The molecule has 0 N–H and O–H groups in total. The zero-order valence-corrected chi connectivity index (χ0v) is 18.7. The Hall–Kier alpha value is -1.96. The van der Waals surface area contributed by atoms with E-state index < -0.39 is 0 Å². The molecule has 2 aromatic carbocycles. The molecule has 3 aromatic rings. The third-order valence-electron chi connectivity index (χ3n) is 4.60. The first kappa shape index (κ1) is 20.8. The third-order valence-corrected chi connectivity index (χ3v) is 6.14. The number of amides is 1. The summed E-state index contributed by atoms with van der Waals surface area (Å²) in [5, 5.41) is 0. The average molecular weight is 462 g/mol. The number of benzene rings is 2. The van der Waals surface area contributed by atoms with Gasteiger partial charge < -0.3 is 14.2 Å². The van der Waals surface area contributed by atoms with Crippen molar-refractivity contribution >= 4 is 49.1 Å². The fraction of sp³-hybridized carbons (Fsp3) is 0.333. The van der Waals surface area contributed by atoms with Crippen LogP contribution in [-0.2, 0) is 11.3 Å². The van der Waals surface area contributed by atoms with Gasteiger partial charge in [-0.05, 0) is 56.3 Å². The monoisotopic (exact) mass is 461 g/mol.